The molecule has 0 radical (unpaired) electrons. The first-order valence-corrected chi connectivity index (χ1v) is 6.26. The van der Waals surface area contributed by atoms with Gasteiger partial charge in [-0.2, -0.15) is 8.42 Å². The Morgan fingerprint density at radius 3 is 2.80 bits per heavy atom. The lowest BCUT2D eigenvalue weighted by molar-refractivity contribution is 0.0691. The van der Waals surface area contributed by atoms with Gasteiger partial charge >= 0.3 is 5.97 Å². The van der Waals surface area contributed by atoms with Gasteiger partial charge in [-0.05, 0) is 0 Å². The van der Waals surface area contributed by atoms with Crippen molar-refractivity contribution >= 4 is 27.5 Å². The number of rotatable bonds is 5. The molecular weight excluding hydrogens is 242 g/mol. The zero-order chi connectivity index (χ0) is 11.5. The first-order valence-electron chi connectivity index (χ1n) is 3.83. The lowest BCUT2D eigenvalue weighted by Gasteiger charge is -1.98. The zero-order valence-electron chi connectivity index (χ0n) is 7.50. The maximum atomic E-state index is 10.5. The average Bonchev–Trinajstić information content (AvgIpc) is 2.50. The third-order valence-electron chi connectivity index (χ3n) is 1.41. The third-order valence-corrected chi connectivity index (χ3v) is 2.93. The second-order valence-corrected chi connectivity index (χ2v) is 4.94. The minimum absolute atomic E-state index is 0.0365. The number of carboxylic acid groups (broad SMARTS) is 1. The number of thiazole rings is 1. The van der Waals surface area contributed by atoms with Crippen LogP contribution in [0.15, 0.2) is 5.38 Å². The molecule has 0 saturated carbocycles. The normalized spacial score (nSPS) is 11.5. The summed E-state index contributed by atoms with van der Waals surface area (Å²) in [6.45, 7) is 0.103. The molecule has 0 aliphatic heterocycles. The van der Waals surface area contributed by atoms with Gasteiger partial charge in [0, 0.05) is 18.3 Å². The molecule has 1 heterocycles. The van der Waals surface area contributed by atoms with Gasteiger partial charge in [-0.15, -0.1) is 11.3 Å². The highest BCUT2D eigenvalue weighted by Gasteiger charge is 2.08. The lowest BCUT2D eigenvalue weighted by atomic mass is 10.4. The maximum absolute atomic E-state index is 10.5. The summed E-state index contributed by atoms with van der Waals surface area (Å²) in [5.41, 5.74) is -0.0365. The number of nitrogens with zero attached hydrogens (tertiary/aromatic N) is 1. The van der Waals surface area contributed by atoms with Crippen LogP contribution in [-0.2, 0) is 16.6 Å². The van der Waals surface area contributed by atoms with Crippen LogP contribution in [0.2, 0.25) is 0 Å². The molecule has 0 spiro atoms. The van der Waals surface area contributed by atoms with Gasteiger partial charge in [-0.3, -0.25) is 0 Å². The van der Waals surface area contributed by atoms with Gasteiger partial charge in [-0.25, -0.2) is 19.6 Å². The first-order chi connectivity index (χ1) is 6.88. The Kier molecular flexibility index (Phi) is 3.74. The largest absolute Gasteiger partial charge is 0.476 e. The summed E-state index contributed by atoms with van der Waals surface area (Å²) in [6, 6.07) is 0. The van der Waals surface area contributed by atoms with E-state index in [1.165, 1.54) is 5.38 Å². The molecule has 4 N–H and O–H groups in total. The van der Waals surface area contributed by atoms with Crippen molar-refractivity contribution in [3.63, 3.8) is 0 Å². The van der Waals surface area contributed by atoms with Gasteiger partial charge < -0.3 is 5.11 Å². The van der Waals surface area contributed by atoms with Gasteiger partial charge in [0.15, 0.2) is 5.69 Å². The van der Waals surface area contributed by atoms with Crippen molar-refractivity contribution in [1.29, 1.82) is 0 Å². The molecule has 0 unspecified atom stereocenters. The minimum Gasteiger partial charge on any atom is -0.476 e. The Hall–Kier alpha value is -1.03. The van der Waals surface area contributed by atoms with Gasteiger partial charge in [-0.1, -0.05) is 0 Å². The van der Waals surface area contributed by atoms with Crippen LogP contribution in [0, 0.1) is 0 Å². The summed E-state index contributed by atoms with van der Waals surface area (Å²) in [6.07, 6.45) is 0.314. The highest BCUT2D eigenvalue weighted by Crippen LogP contribution is 2.09. The van der Waals surface area contributed by atoms with Crippen LogP contribution in [0.25, 0.3) is 0 Å². The van der Waals surface area contributed by atoms with Crippen LogP contribution < -0.4 is 9.86 Å². The van der Waals surface area contributed by atoms with Gasteiger partial charge in [0.2, 0.25) is 0 Å². The smallest absolute Gasteiger partial charge is 0.355 e. The standard InChI is InChI=1S/C6H9N3O4S2/c7-15(12,13)8-2-1-5-9-4(3-14-5)6(10)11/h3,8H,1-2H2,(H,10,11)(H2,7,12,13). The van der Waals surface area contributed by atoms with Crippen LogP contribution in [-0.4, -0.2) is 31.0 Å². The first kappa shape index (κ1) is 12.0. The van der Waals surface area contributed by atoms with Gasteiger partial charge in [0.05, 0.1) is 5.01 Å². The average molecular weight is 251 g/mol. The van der Waals surface area contributed by atoms with E-state index in [0.29, 0.717) is 11.4 Å². The van der Waals surface area contributed by atoms with Crippen molar-refractivity contribution in [2.45, 2.75) is 6.42 Å². The van der Waals surface area contributed by atoms with Crippen LogP contribution in [0.4, 0.5) is 0 Å². The van der Waals surface area contributed by atoms with E-state index in [1.54, 1.807) is 0 Å². The fourth-order valence-electron chi connectivity index (χ4n) is 0.824. The highest BCUT2D eigenvalue weighted by molar-refractivity contribution is 7.87. The van der Waals surface area contributed by atoms with E-state index in [9.17, 15) is 13.2 Å². The lowest BCUT2D eigenvalue weighted by Crippen LogP contribution is -2.32. The number of aromatic carboxylic acids is 1. The summed E-state index contributed by atoms with van der Waals surface area (Å²) in [7, 11) is -3.69. The highest BCUT2D eigenvalue weighted by atomic mass is 32.2. The Bertz CT molecular complexity index is 453. The fourth-order valence-corrected chi connectivity index (χ4v) is 1.98. The molecule has 1 rings (SSSR count). The monoisotopic (exact) mass is 251 g/mol. The summed E-state index contributed by atoms with van der Waals surface area (Å²) >= 11 is 1.16. The molecule has 0 saturated heterocycles. The number of hydrogen-bond acceptors (Lipinski definition) is 5. The number of aromatic nitrogens is 1. The van der Waals surface area contributed by atoms with E-state index in [4.69, 9.17) is 10.2 Å². The number of carbonyl (C=O) groups is 1. The SMILES string of the molecule is NS(=O)(=O)NCCc1nc(C(=O)O)cs1. The summed E-state index contributed by atoms with van der Waals surface area (Å²) < 4.78 is 23.1. The van der Waals surface area contributed by atoms with E-state index in [-0.39, 0.29) is 12.2 Å². The van der Waals surface area contributed by atoms with Crippen LogP contribution in [0.1, 0.15) is 15.5 Å². The summed E-state index contributed by atoms with van der Waals surface area (Å²) in [4.78, 5) is 14.2. The molecular formula is C6H9N3O4S2. The predicted octanol–water partition coefficient (Wildman–Crippen LogP) is -0.823. The molecule has 0 bridgehead atoms. The van der Waals surface area contributed by atoms with Crippen molar-refractivity contribution in [1.82, 2.24) is 9.71 Å². The quantitative estimate of drug-likeness (QED) is 0.630. The van der Waals surface area contributed by atoms with Crippen molar-refractivity contribution < 1.29 is 18.3 Å². The van der Waals surface area contributed by atoms with Crippen molar-refractivity contribution in [2.24, 2.45) is 5.14 Å². The van der Waals surface area contributed by atoms with Crippen LogP contribution in [0.5, 0.6) is 0 Å². The molecule has 0 atom stereocenters. The van der Waals surface area contributed by atoms with E-state index < -0.39 is 16.2 Å². The number of hydrogen-bond donors (Lipinski definition) is 3. The molecule has 9 heteroatoms. The van der Waals surface area contributed by atoms with E-state index >= 15 is 0 Å². The maximum Gasteiger partial charge on any atom is 0.355 e. The third kappa shape index (κ3) is 4.34. The molecule has 84 valence electrons. The van der Waals surface area contributed by atoms with Crippen LogP contribution in [0.3, 0.4) is 0 Å². The Morgan fingerprint density at radius 1 is 1.67 bits per heavy atom. The second kappa shape index (κ2) is 4.66. The van der Waals surface area contributed by atoms with Gasteiger partial charge in [0.25, 0.3) is 10.2 Å². The molecule has 1 aromatic heterocycles. The number of carboxylic acids is 1. The Balaban J connectivity index is 2.48. The summed E-state index contributed by atoms with van der Waals surface area (Å²) in [5.74, 6) is -1.10. The van der Waals surface area contributed by atoms with Crippen molar-refractivity contribution in [3.05, 3.63) is 16.1 Å². The molecule has 1 aromatic rings. The van der Waals surface area contributed by atoms with E-state index in [1.807, 2.05) is 0 Å². The number of nitrogens with one attached hydrogen (secondary N) is 1. The van der Waals surface area contributed by atoms with Crippen LogP contribution >= 0.6 is 11.3 Å². The number of nitrogens with two attached hydrogens (primary N) is 1. The van der Waals surface area contributed by atoms with E-state index in [2.05, 4.69) is 9.71 Å². The zero-order valence-corrected chi connectivity index (χ0v) is 9.14. The van der Waals surface area contributed by atoms with Crippen molar-refractivity contribution in [3.8, 4) is 0 Å². The fraction of sp³-hybridized carbons (Fsp3) is 0.333. The molecule has 0 aromatic carbocycles. The van der Waals surface area contributed by atoms with Crippen molar-refractivity contribution in [2.75, 3.05) is 6.54 Å². The molecule has 0 fully saturated rings. The van der Waals surface area contributed by atoms with E-state index in [0.717, 1.165) is 11.3 Å². The molecule has 15 heavy (non-hydrogen) atoms. The van der Waals surface area contributed by atoms with Gasteiger partial charge in [0.1, 0.15) is 0 Å². The molecule has 0 aliphatic rings. The Labute approximate surface area is 90.1 Å². The topological polar surface area (TPSA) is 122 Å². The molecule has 7 nitrogen and oxygen atoms in total. The molecule has 0 aliphatic carbocycles. The molecule has 0 amide bonds. The Morgan fingerprint density at radius 2 is 2.33 bits per heavy atom. The summed E-state index contributed by atoms with van der Waals surface area (Å²) in [5, 5.41) is 15.2. The predicted molar refractivity (Wildman–Crippen MR) is 53.9 cm³/mol. The minimum atomic E-state index is -3.69. The second-order valence-electron chi connectivity index (χ2n) is 2.62.